The molecular weight excluding hydrogens is 264 g/mol. The van der Waals surface area contributed by atoms with Gasteiger partial charge in [0.15, 0.2) is 0 Å². The zero-order chi connectivity index (χ0) is 15.1. The van der Waals surface area contributed by atoms with Crippen LogP contribution in [0.25, 0.3) is 10.9 Å². The Balaban J connectivity index is 2.19. The van der Waals surface area contributed by atoms with Crippen molar-refractivity contribution in [3.8, 4) is 6.07 Å². The number of amides is 1. The van der Waals surface area contributed by atoms with Crippen molar-refractivity contribution in [3.63, 3.8) is 0 Å². The molecule has 2 aromatic rings. The normalized spacial score (nSPS) is 10.5. The van der Waals surface area contributed by atoms with E-state index in [1.165, 1.54) is 5.56 Å². The van der Waals surface area contributed by atoms with Gasteiger partial charge in [0.05, 0.1) is 6.07 Å². The summed E-state index contributed by atoms with van der Waals surface area (Å²) in [6.07, 6.45) is 3.11. The molecule has 1 aromatic carbocycles. The highest BCUT2D eigenvalue weighted by molar-refractivity contribution is 5.86. The van der Waals surface area contributed by atoms with Crippen LogP contribution < -0.4 is 10.6 Å². The third-order valence-corrected chi connectivity index (χ3v) is 3.29. The largest absolute Gasteiger partial charge is 0.341 e. The molecule has 0 aliphatic rings. The molecule has 0 fully saturated rings. The molecule has 2 rings (SSSR count). The number of nitrogens with zero attached hydrogens (tertiary/aromatic N) is 2. The summed E-state index contributed by atoms with van der Waals surface area (Å²) in [4.78, 5) is 11.8. The molecule has 0 bridgehead atoms. The van der Waals surface area contributed by atoms with Gasteiger partial charge in [-0.3, -0.25) is 4.79 Å². The Morgan fingerprint density at radius 3 is 2.95 bits per heavy atom. The van der Waals surface area contributed by atoms with Crippen molar-refractivity contribution in [1.82, 2.24) is 15.2 Å². The lowest BCUT2D eigenvalue weighted by molar-refractivity contribution is -0.121. The highest BCUT2D eigenvalue weighted by Gasteiger charge is 2.10. The third-order valence-electron chi connectivity index (χ3n) is 3.29. The molecule has 0 aliphatic carbocycles. The van der Waals surface area contributed by atoms with Crippen molar-refractivity contribution in [3.05, 3.63) is 36.0 Å². The van der Waals surface area contributed by atoms with Crippen LogP contribution in [0.15, 0.2) is 30.5 Å². The number of fused-ring (bicyclic) bond motifs is 1. The van der Waals surface area contributed by atoms with Crippen molar-refractivity contribution in [2.24, 2.45) is 0 Å². The molecule has 110 valence electrons. The van der Waals surface area contributed by atoms with Gasteiger partial charge in [-0.2, -0.15) is 5.26 Å². The van der Waals surface area contributed by atoms with Gasteiger partial charge in [-0.15, -0.1) is 0 Å². The molecule has 0 aliphatic heterocycles. The molecule has 1 heterocycles. The van der Waals surface area contributed by atoms with Crippen LogP contribution in [0.4, 0.5) is 0 Å². The Kier molecular flexibility index (Phi) is 5.35. The smallest absolute Gasteiger partial charge is 0.240 e. The summed E-state index contributed by atoms with van der Waals surface area (Å²) >= 11 is 0. The number of benzene rings is 1. The highest BCUT2D eigenvalue weighted by atomic mass is 16.1. The molecule has 0 saturated carbocycles. The first-order chi connectivity index (χ1) is 10.3. The maximum Gasteiger partial charge on any atom is 0.240 e. The van der Waals surface area contributed by atoms with E-state index in [0.717, 1.165) is 30.4 Å². The van der Waals surface area contributed by atoms with Crippen LogP contribution in [0.5, 0.6) is 0 Å². The predicted octanol–water partition coefficient (Wildman–Crippen LogP) is 1.78. The minimum Gasteiger partial charge on any atom is -0.341 e. The molecule has 1 amide bonds. The number of aromatic nitrogens is 1. The molecule has 0 radical (unpaired) electrons. The van der Waals surface area contributed by atoms with Crippen LogP contribution >= 0.6 is 0 Å². The second-order valence-corrected chi connectivity index (χ2v) is 4.91. The van der Waals surface area contributed by atoms with E-state index in [0.29, 0.717) is 0 Å². The first-order valence-electron chi connectivity index (χ1n) is 7.17. The number of carbonyl (C=O) groups is 1. The van der Waals surface area contributed by atoms with Gasteiger partial charge >= 0.3 is 0 Å². The summed E-state index contributed by atoms with van der Waals surface area (Å²) in [6, 6.07) is 9.96. The average Bonchev–Trinajstić information content (AvgIpc) is 2.84. The summed E-state index contributed by atoms with van der Waals surface area (Å²) in [6.45, 7) is 4.18. The molecule has 21 heavy (non-hydrogen) atoms. The summed E-state index contributed by atoms with van der Waals surface area (Å²) in [5, 5.41) is 15.6. The summed E-state index contributed by atoms with van der Waals surface area (Å²) < 4.78 is 1.94. The SMILES string of the molecule is CCCNCc1cn(CC(=O)NCC#N)c2ccccc12. The number of hydrogen-bond donors (Lipinski definition) is 2. The Hall–Kier alpha value is -2.32. The van der Waals surface area contributed by atoms with Crippen LogP contribution in [-0.4, -0.2) is 23.6 Å². The second kappa shape index (κ2) is 7.46. The van der Waals surface area contributed by atoms with Gasteiger partial charge in [0.2, 0.25) is 5.91 Å². The predicted molar refractivity (Wildman–Crippen MR) is 82.6 cm³/mol. The van der Waals surface area contributed by atoms with Crippen molar-refractivity contribution in [1.29, 1.82) is 5.26 Å². The molecule has 0 spiro atoms. The van der Waals surface area contributed by atoms with Gasteiger partial charge in [0.1, 0.15) is 13.1 Å². The lowest BCUT2D eigenvalue weighted by Crippen LogP contribution is -2.27. The van der Waals surface area contributed by atoms with Crippen LogP contribution in [0.3, 0.4) is 0 Å². The summed E-state index contributed by atoms with van der Waals surface area (Å²) in [5.74, 6) is -0.148. The molecule has 5 heteroatoms. The first kappa shape index (κ1) is 15.1. The fourth-order valence-electron chi connectivity index (χ4n) is 2.34. The minimum absolute atomic E-state index is 0.0446. The van der Waals surface area contributed by atoms with Crippen LogP contribution in [0, 0.1) is 11.3 Å². The van der Waals surface area contributed by atoms with Gasteiger partial charge < -0.3 is 15.2 Å². The van der Waals surface area contributed by atoms with Gasteiger partial charge in [0, 0.05) is 23.6 Å². The third kappa shape index (κ3) is 3.83. The van der Waals surface area contributed by atoms with E-state index < -0.39 is 0 Å². The molecule has 0 atom stereocenters. The fourth-order valence-corrected chi connectivity index (χ4v) is 2.34. The molecule has 1 aromatic heterocycles. The van der Waals surface area contributed by atoms with E-state index in [2.05, 4.69) is 23.6 Å². The summed E-state index contributed by atoms with van der Waals surface area (Å²) in [5.41, 5.74) is 2.23. The number of nitrogens with one attached hydrogen (secondary N) is 2. The Morgan fingerprint density at radius 2 is 2.19 bits per heavy atom. The van der Waals surface area contributed by atoms with Crippen LogP contribution in [-0.2, 0) is 17.9 Å². The Bertz CT molecular complexity index is 654. The van der Waals surface area contributed by atoms with Crippen LogP contribution in [0.2, 0.25) is 0 Å². The Labute approximate surface area is 124 Å². The van der Waals surface area contributed by atoms with Crippen LogP contribution in [0.1, 0.15) is 18.9 Å². The topological polar surface area (TPSA) is 69.8 Å². The molecule has 0 saturated heterocycles. The van der Waals surface area contributed by atoms with Gasteiger partial charge in [-0.25, -0.2) is 0 Å². The van der Waals surface area contributed by atoms with Gasteiger partial charge in [-0.05, 0) is 24.6 Å². The lowest BCUT2D eigenvalue weighted by atomic mass is 10.2. The van der Waals surface area contributed by atoms with E-state index >= 15 is 0 Å². The molecule has 5 nitrogen and oxygen atoms in total. The van der Waals surface area contributed by atoms with E-state index in [-0.39, 0.29) is 19.0 Å². The standard InChI is InChI=1S/C16H20N4O/c1-2-8-18-10-13-11-20(12-16(21)19-9-7-17)15-6-4-3-5-14(13)15/h3-6,11,18H,2,8-10,12H2,1H3,(H,19,21). The zero-order valence-electron chi connectivity index (χ0n) is 12.2. The number of nitriles is 1. The second-order valence-electron chi connectivity index (χ2n) is 4.91. The van der Waals surface area contributed by atoms with E-state index in [1.807, 2.05) is 35.0 Å². The number of carbonyl (C=O) groups excluding carboxylic acids is 1. The van der Waals surface area contributed by atoms with Crippen molar-refractivity contribution < 1.29 is 4.79 Å². The van der Waals surface area contributed by atoms with Crippen molar-refractivity contribution in [2.75, 3.05) is 13.1 Å². The quantitative estimate of drug-likeness (QED) is 0.601. The van der Waals surface area contributed by atoms with Crippen molar-refractivity contribution >= 4 is 16.8 Å². The molecule has 0 unspecified atom stereocenters. The fraction of sp³-hybridized carbons (Fsp3) is 0.375. The average molecular weight is 284 g/mol. The van der Waals surface area contributed by atoms with E-state index in [1.54, 1.807) is 0 Å². The lowest BCUT2D eigenvalue weighted by Gasteiger charge is -2.04. The van der Waals surface area contributed by atoms with E-state index in [4.69, 9.17) is 5.26 Å². The number of rotatable bonds is 7. The molecule has 2 N–H and O–H groups in total. The first-order valence-corrected chi connectivity index (χ1v) is 7.17. The van der Waals surface area contributed by atoms with Gasteiger partial charge in [0.25, 0.3) is 0 Å². The summed E-state index contributed by atoms with van der Waals surface area (Å²) in [7, 11) is 0. The number of para-hydroxylation sites is 1. The maximum absolute atomic E-state index is 11.8. The maximum atomic E-state index is 11.8. The zero-order valence-corrected chi connectivity index (χ0v) is 12.2. The molecular formula is C16H20N4O. The number of hydrogen-bond acceptors (Lipinski definition) is 3. The van der Waals surface area contributed by atoms with Gasteiger partial charge in [-0.1, -0.05) is 25.1 Å². The minimum atomic E-state index is -0.148. The van der Waals surface area contributed by atoms with E-state index in [9.17, 15) is 4.79 Å². The Morgan fingerprint density at radius 1 is 1.38 bits per heavy atom. The van der Waals surface area contributed by atoms with Crippen molar-refractivity contribution in [2.45, 2.75) is 26.4 Å². The highest BCUT2D eigenvalue weighted by Crippen LogP contribution is 2.21. The monoisotopic (exact) mass is 284 g/mol.